The van der Waals surface area contributed by atoms with Gasteiger partial charge in [-0.3, -0.25) is 4.79 Å². The Morgan fingerprint density at radius 3 is 2.67 bits per heavy atom. The molecule has 2 atom stereocenters. The minimum Gasteiger partial charge on any atom is -0.488 e. The molecule has 1 aromatic heterocycles. The summed E-state index contributed by atoms with van der Waals surface area (Å²) in [6.45, 7) is 7.57. The Labute approximate surface area is 141 Å². The van der Waals surface area contributed by atoms with Gasteiger partial charge in [-0.2, -0.15) is 0 Å². The number of aromatic nitrogens is 1. The summed E-state index contributed by atoms with van der Waals surface area (Å²) in [6.07, 6.45) is 0.635. The van der Waals surface area contributed by atoms with E-state index in [4.69, 9.17) is 9.26 Å². The Morgan fingerprint density at radius 1 is 1.38 bits per heavy atom. The molecular formula is C18H23FN2O3. The molecule has 2 rings (SSSR count). The monoisotopic (exact) mass is 334 g/mol. The molecule has 24 heavy (non-hydrogen) atoms. The first-order chi connectivity index (χ1) is 11.4. The maximum Gasteiger partial charge on any atom is 0.228 e. The highest BCUT2D eigenvalue weighted by molar-refractivity contribution is 5.84. The van der Waals surface area contributed by atoms with Crippen molar-refractivity contribution in [3.05, 3.63) is 47.1 Å². The summed E-state index contributed by atoms with van der Waals surface area (Å²) in [5, 5.41) is 6.82. The van der Waals surface area contributed by atoms with Crippen LogP contribution in [0.4, 0.5) is 4.39 Å². The van der Waals surface area contributed by atoms with Crippen LogP contribution < -0.4 is 10.1 Å². The summed E-state index contributed by atoms with van der Waals surface area (Å²) in [5.41, 5.74) is 1.56. The van der Waals surface area contributed by atoms with E-state index < -0.39 is 5.82 Å². The normalized spacial score (nSPS) is 13.4. The molecule has 130 valence electrons. The molecule has 0 fully saturated rings. The van der Waals surface area contributed by atoms with Gasteiger partial charge in [-0.1, -0.05) is 24.2 Å². The number of carbonyl (C=O) groups is 1. The van der Waals surface area contributed by atoms with E-state index in [0.717, 1.165) is 11.3 Å². The molecule has 6 heteroatoms. The third-order valence-corrected chi connectivity index (χ3v) is 3.88. The summed E-state index contributed by atoms with van der Waals surface area (Å²) < 4.78 is 24.1. The number of halogens is 1. The van der Waals surface area contributed by atoms with E-state index >= 15 is 0 Å². The van der Waals surface area contributed by atoms with Crippen molar-refractivity contribution in [1.82, 2.24) is 10.5 Å². The summed E-state index contributed by atoms with van der Waals surface area (Å²) in [6, 6.07) is 5.94. The van der Waals surface area contributed by atoms with Crippen LogP contribution >= 0.6 is 0 Å². The fourth-order valence-electron chi connectivity index (χ4n) is 2.67. The first kappa shape index (κ1) is 18.0. The zero-order valence-electron chi connectivity index (χ0n) is 14.4. The highest BCUT2D eigenvalue weighted by Crippen LogP contribution is 2.26. The van der Waals surface area contributed by atoms with E-state index in [-0.39, 0.29) is 30.2 Å². The summed E-state index contributed by atoms with van der Waals surface area (Å²) in [4.78, 5) is 12.6. The minimum absolute atomic E-state index is 0.114. The van der Waals surface area contributed by atoms with Crippen molar-refractivity contribution in [2.24, 2.45) is 0 Å². The van der Waals surface area contributed by atoms with Gasteiger partial charge in [-0.15, -0.1) is 0 Å². The Bertz CT molecular complexity index is 680. The summed E-state index contributed by atoms with van der Waals surface area (Å²) in [7, 11) is 0. The van der Waals surface area contributed by atoms with Gasteiger partial charge in [0.25, 0.3) is 0 Å². The Hall–Kier alpha value is -2.37. The molecule has 0 saturated carbocycles. The molecule has 5 nitrogen and oxygen atoms in total. The number of benzene rings is 1. The van der Waals surface area contributed by atoms with Crippen LogP contribution in [-0.2, 0) is 4.79 Å². The Morgan fingerprint density at radius 2 is 2.08 bits per heavy atom. The van der Waals surface area contributed by atoms with Gasteiger partial charge in [0, 0.05) is 5.56 Å². The number of nitrogens with zero attached hydrogens (tertiary/aromatic N) is 1. The summed E-state index contributed by atoms with van der Waals surface area (Å²) in [5.74, 6) is -0.0250. The number of hydrogen-bond donors (Lipinski definition) is 1. The van der Waals surface area contributed by atoms with Gasteiger partial charge < -0.3 is 14.6 Å². The Balaban J connectivity index is 1.96. The largest absolute Gasteiger partial charge is 0.488 e. The smallest absolute Gasteiger partial charge is 0.228 e. The first-order valence-corrected chi connectivity index (χ1v) is 8.04. The lowest BCUT2D eigenvalue weighted by molar-refractivity contribution is -0.123. The van der Waals surface area contributed by atoms with Crippen molar-refractivity contribution in [3.8, 4) is 5.75 Å². The van der Waals surface area contributed by atoms with Gasteiger partial charge in [-0.25, -0.2) is 4.39 Å². The minimum atomic E-state index is -0.418. The molecule has 0 aliphatic rings. The van der Waals surface area contributed by atoms with Crippen molar-refractivity contribution in [2.75, 3.05) is 6.61 Å². The van der Waals surface area contributed by atoms with Crippen LogP contribution in [0.3, 0.4) is 0 Å². The number of rotatable bonds is 7. The molecule has 0 saturated heterocycles. The molecular weight excluding hydrogens is 311 g/mol. The van der Waals surface area contributed by atoms with Crippen molar-refractivity contribution in [3.63, 3.8) is 0 Å². The van der Waals surface area contributed by atoms with E-state index in [2.05, 4.69) is 10.5 Å². The van der Waals surface area contributed by atoms with Crippen molar-refractivity contribution < 1.29 is 18.4 Å². The second kappa shape index (κ2) is 7.95. The zero-order chi connectivity index (χ0) is 17.7. The molecule has 0 bridgehead atoms. The number of aryl methyl sites for hydroxylation is 2. The molecule has 0 radical (unpaired) electrons. The molecule has 0 unspecified atom stereocenters. The van der Waals surface area contributed by atoms with Crippen molar-refractivity contribution in [1.29, 1.82) is 0 Å². The number of ether oxygens (including phenoxy) is 1. The van der Waals surface area contributed by atoms with Crippen LogP contribution in [0.25, 0.3) is 0 Å². The van der Waals surface area contributed by atoms with Gasteiger partial charge >= 0.3 is 0 Å². The van der Waals surface area contributed by atoms with Gasteiger partial charge in [0.05, 0.1) is 17.7 Å². The number of amides is 1. The number of para-hydroxylation sites is 1. The van der Waals surface area contributed by atoms with E-state index in [0.29, 0.717) is 12.2 Å². The van der Waals surface area contributed by atoms with E-state index in [1.54, 1.807) is 25.1 Å². The third kappa shape index (κ3) is 4.13. The average Bonchev–Trinajstić information content (AvgIpc) is 2.87. The molecule has 1 heterocycles. The lowest BCUT2D eigenvalue weighted by atomic mass is 9.94. The fraction of sp³-hybridized carbons (Fsp3) is 0.444. The molecule has 2 aromatic rings. The lowest BCUT2D eigenvalue weighted by Crippen LogP contribution is -2.39. The van der Waals surface area contributed by atoms with Gasteiger partial charge in [0.15, 0.2) is 11.6 Å². The van der Waals surface area contributed by atoms with Gasteiger partial charge in [0.2, 0.25) is 5.91 Å². The third-order valence-electron chi connectivity index (χ3n) is 3.88. The quantitative estimate of drug-likeness (QED) is 0.841. The van der Waals surface area contributed by atoms with E-state index in [1.807, 2.05) is 20.8 Å². The predicted molar refractivity (Wildman–Crippen MR) is 88.5 cm³/mol. The fourth-order valence-corrected chi connectivity index (χ4v) is 2.67. The number of nitrogens with one attached hydrogen (secondary N) is 1. The maximum absolute atomic E-state index is 13.5. The molecule has 0 aliphatic carbocycles. The average molecular weight is 334 g/mol. The molecule has 0 aliphatic heterocycles. The topological polar surface area (TPSA) is 64.4 Å². The van der Waals surface area contributed by atoms with Crippen LogP contribution in [0.2, 0.25) is 0 Å². The van der Waals surface area contributed by atoms with Crippen LogP contribution in [0, 0.1) is 19.7 Å². The first-order valence-electron chi connectivity index (χ1n) is 8.04. The van der Waals surface area contributed by atoms with Crippen LogP contribution in [0.1, 0.15) is 43.2 Å². The van der Waals surface area contributed by atoms with Crippen molar-refractivity contribution >= 4 is 5.91 Å². The van der Waals surface area contributed by atoms with E-state index in [1.165, 1.54) is 6.07 Å². The maximum atomic E-state index is 13.5. The zero-order valence-corrected chi connectivity index (χ0v) is 14.4. The predicted octanol–water partition coefficient (Wildman–Crippen LogP) is 3.51. The second-order valence-electron chi connectivity index (χ2n) is 5.85. The standard InChI is InChI=1S/C18H23FN2O3/c1-5-14(17-12(3)21-24-13(17)4)18(22)20-11(2)10-23-16-9-7-6-8-15(16)19/h6-9,11,14H,5,10H2,1-4H3,(H,20,22)/t11-,14+/m1/s1. The number of hydrogen-bond acceptors (Lipinski definition) is 4. The van der Waals surface area contributed by atoms with Crippen LogP contribution in [-0.4, -0.2) is 23.7 Å². The highest BCUT2D eigenvalue weighted by atomic mass is 19.1. The molecule has 1 aromatic carbocycles. The SMILES string of the molecule is CC[C@H](C(=O)N[C@H](C)COc1ccccc1F)c1c(C)noc1C. The van der Waals surface area contributed by atoms with Crippen LogP contribution in [0.5, 0.6) is 5.75 Å². The second-order valence-corrected chi connectivity index (χ2v) is 5.85. The molecule has 0 spiro atoms. The highest BCUT2D eigenvalue weighted by Gasteiger charge is 2.26. The lowest BCUT2D eigenvalue weighted by Gasteiger charge is -2.20. The van der Waals surface area contributed by atoms with Gasteiger partial charge in [0.1, 0.15) is 12.4 Å². The van der Waals surface area contributed by atoms with Crippen LogP contribution in [0.15, 0.2) is 28.8 Å². The molecule has 1 N–H and O–H groups in total. The van der Waals surface area contributed by atoms with Crippen molar-refractivity contribution in [2.45, 2.75) is 46.1 Å². The Kier molecular flexibility index (Phi) is 5.95. The van der Waals surface area contributed by atoms with Gasteiger partial charge in [-0.05, 0) is 39.3 Å². The number of carbonyl (C=O) groups excluding carboxylic acids is 1. The summed E-state index contributed by atoms with van der Waals surface area (Å²) >= 11 is 0. The van der Waals surface area contributed by atoms with E-state index in [9.17, 15) is 9.18 Å². The molecule has 1 amide bonds.